The molecule has 0 aliphatic carbocycles. The summed E-state index contributed by atoms with van der Waals surface area (Å²) in [7, 11) is 3.96. The Labute approximate surface area is 98.6 Å². The quantitative estimate of drug-likeness (QED) is 0.584. The standard InChI is InChI=1S/C11H26N2OS/c1-11(14,10-13(2)3)9-12-7-5-6-8-15-4/h12,14H,5-10H2,1-4H3. The fourth-order valence-electron chi connectivity index (χ4n) is 1.59. The van der Waals surface area contributed by atoms with Gasteiger partial charge in [-0.1, -0.05) is 0 Å². The van der Waals surface area contributed by atoms with Crippen molar-refractivity contribution in [2.45, 2.75) is 25.4 Å². The van der Waals surface area contributed by atoms with Gasteiger partial charge in [-0.05, 0) is 52.4 Å². The molecule has 0 rings (SSSR count). The number of thioether (sulfide) groups is 1. The molecule has 3 nitrogen and oxygen atoms in total. The second kappa shape index (κ2) is 8.39. The fourth-order valence-corrected chi connectivity index (χ4v) is 2.08. The van der Waals surface area contributed by atoms with Crippen LogP contribution < -0.4 is 5.32 Å². The lowest BCUT2D eigenvalue weighted by atomic mass is 10.1. The number of unbranched alkanes of at least 4 members (excludes halogenated alkanes) is 1. The van der Waals surface area contributed by atoms with E-state index in [-0.39, 0.29) is 0 Å². The third-order valence-electron chi connectivity index (χ3n) is 2.11. The predicted molar refractivity (Wildman–Crippen MR) is 69.7 cm³/mol. The largest absolute Gasteiger partial charge is 0.388 e. The van der Waals surface area contributed by atoms with Crippen LogP contribution >= 0.6 is 11.8 Å². The Kier molecular flexibility index (Phi) is 8.52. The van der Waals surface area contributed by atoms with Gasteiger partial charge in [0.05, 0.1) is 5.60 Å². The van der Waals surface area contributed by atoms with Crippen LogP contribution in [-0.2, 0) is 0 Å². The maximum absolute atomic E-state index is 9.98. The predicted octanol–water partition coefficient (Wildman–Crippen LogP) is 1.03. The van der Waals surface area contributed by atoms with Crippen LogP contribution in [0.2, 0.25) is 0 Å². The minimum atomic E-state index is -0.622. The van der Waals surface area contributed by atoms with Crippen LogP contribution in [0.15, 0.2) is 0 Å². The van der Waals surface area contributed by atoms with Gasteiger partial charge in [0.2, 0.25) is 0 Å². The monoisotopic (exact) mass is 234 g/mol. The maximum Gasteiger partial charge on any atom is 0.0869 e. The van der Waals surface area contributed by atoms with Gasteiger partial charge >= 0.3 is 0 Å². The van der Waals surface area contributed by atoms with Gasteiger partial charge in [-0.15, -0.1) is 0 Å². The highest BCUT2D eigenvalue weighted by molar-refractivity contribution is 7.98. The Bertz CT molecular complexity index is 152. The molecule has 0 amide bonds. The van der Waals surface area contributed by atoms with E-state index in [0.29, 0.717) is 13.1 Å². The van der Waals surface area contributed by atoms with Crippen LogP contribution in [0, 0.1) is 0 Å². The topological polar surface area (TPSA) is 35.5 Å². The van der Waals surface area contributed by atoms with Crippen LogP contribution in [0.3, 0.4) is 0 Å². The average Bonchev–Trinajstić information content (AvgIpc) is 2.08. The molecule has 0 fully saturated rings. The van der Waals surface area contributed by atoms with Gasteiger partial charge in [0.25, 0.3) is 0 Å². The number of hydrogen-bond donors (Lipinski definition) is 2. The van der Waals surface area contributed by atoms with Crippen molar-refractivity contribution in [2.75, 3.05) is 45.7 Å². The summed E-state index contributed by atoms with van der Waals surface area (Å²) in [5.74, 6) is 1.23. The molecule has 0 radical (unpaired) electrons. The van der Waals surface area contributed by atoms with E-state index in [2.05, 4.69) is 11.6 Å². The van der Waals surface area contributed by atoms with Crippen molar-refractivity contribution < 1.29 is 5.11 Å². The van der Waals surface area contributed by atoms with Crippen LogP contribution in [0.5, 0.6) is 0 Å². The van der Waals surface area contributed by atoms with E-state index >= 15 is 0 Å². The highest BCUT2D eigenvalue weighted by Gasteiger charge is 2.20. The van der Waals surface area contributed by atoms with Crippen LogP contribution in [0.1, 0.15) is 19.8 Å². The third kappa shape index (κ3) is 10.5. The average molecular weight is 234 g/mol. The summed E-state index contributed by atoms with van der Waals surface area (Å²) >= 11 is 1.89. The number of nitrogens with zero attached hydrogens (tertiary/aromatic N) is 1. The molecule has 0 aromatic heterocycles. The highest BCUT2D eigenvalue weighted by Crippen LogP contribution is 2.03. The molecule has 4 heteroatoms. The van der Waals surface area contributed by atoms with Crippen LogP contribution in [-0.4, -0.2) is 61.3 Å². The molecule has 0 bridgehead atoms. The van der Waals surface area contributed by atoms with E-state index in [1.807, 2.05) is 37.7 Å². The number of aliphatic hydroxyl groups is 1. The van der Waals surface area contributed by atoms with E-state index in [1.54, 1.807) is 0 Å². The lowest BCUT2D eigenvalue weighted by molar-refractivity contribution is 0.0340. The molecule has 0 aliphatic heterocycles. The Morgan fingerprint density at radius 2 is 2.00 bits per heavy atom. The molecule has 92 valence electrons. The summed E-state index contributed by atoms with van der Waals surface area (Å²) in [5, 5.41) is 13.3. The molecule has 0 saturated heterocycles. The number of hydrogen-bond acceptors (Lipinski definition) is 4. The van der Waals surface area contributed by atoms with E-state index < -0.39 is 5.60 Å². The van der Waals surface area contributed by atoms with Crippen molar-refractivity contribution in [3.63, 3.8) is 0 Å². The minimum absolute atomic E-state index is 0.622. The molecule has 1 atom stereocenters. The molecule has 0 spiro atoms. The first-order valence-corrected chi connectivity index (χ1v) is 6.94. The van der Waals surface area contributed by atoms with Crippen molar-refractivity contribution in [1.29, 1.82) is 0 Å². The second-order valence-corrected chi connectivity index (χ2v) is 5.60. The second-order valence-electron chi connectivity index (χ2n) is 4.61. The SMILES string of the molecule is CSCCCCNCC(C)(O)CN(C)C. The zero-order valence-electron chi connectivity index (χ0n) is 10.5. The summed E-state index contributed by atoms with van der Waals surface area (Å²) in [5.41, 5.74) is -0.622. The first-order chi connectivity index (χ1) is 6.98. The molecule has 0 aliphatic rings. The van der Waals surface area contributed by atoms with Crippen molar-refractivity contribution in [3.8, 4) is 0 Å². The molecular weight excluding hydrogens is 208 g/mol. The molecular formula is C11H26N2OS. The normalized spacial score (nSPS) is 15.6. The zero-order chi connectivity index (χ0) is 11.7. The van der Waals surface area contributed by atoms with Crippen LogP contribution in [0.25, 0.3) is 0 Å². The van der Waals surface area contributed by atoms with Crippen LogP contribution in [0.4, 0.5) is 0 Å². The summed E-state index contributed by atoms with van der Waals surface area (Å²) in [6, 6.07) is 0. The fraction of sp³-hybridized carbons (Fsp3) is 1.00. The van der Waals surface area contributed by atoms with Gasteiger partial charge in [-0.25, -0.2) is 0 Å². The van der Waals surface area contributed by atoms with Gasteiger partial charge in [0, 0.05) is 13.1 Å². The number of rotatable bonds is 9. The van der Waals surface area contributed by atoms with E-state index in [0.717, 1.165) is 6.54 Å². The minimum Gasteiger partial charge on any atom is -0.388 e. The molecule has 0 aromatic carbocycles. The van der Waals surface area contributed by atoms with Gasteiger partial charge in [-0.2, -0.15) is 11.8 Å². The van der Waals surface area contributed by atoms with Gasteiger partial charge in [-0.3, -0.25) is 0 Å². The van der Waals surface area contributed by atoms with E-state index in [9.17, 15) is 5.11 Å². The van der Waals surface area contributed by atoms with Gasteiger partial charge in [0.15, 0.2) is 0 Å². The lowest BCUT2D eigenvalue weighted by Gasteiger charge is -2.27. The third-order valence-corrected chi connectivity index (χ3v) is 2.81. The first kappa shape index (κ1) is 15.2. The highest BCUT2D eigenvalue weighted by atomic mass is 32.2. The van der Waals surface area contributed by atoms with Crippen molar-refractivity contribution in [3.05, 3.63) is 0 Å². The smallest absolute Gasteiger partial charge is 0.0869 e. The molecule has 0 aromatic rings. The molecule has 0 saturated carbocycles. The van der Waals surface area contributed by atoms with Gasteiger partial charge in [0.1, 0.15) is 0 Å². The molecule has 2 N–H and O–H groups in total. The Hall–Kier alpha value is 0.230. The first-order valence-electron chi connectivity index (χ1n) is 5.55. The Morgan fingerprint density at radius 1 is 1.33 bits per heavy atom. The Morgan fingerprint density at radius 3 is 2.53 bits per heavy atom. The van der Waals surface area contributed by atoms with E-state index in [1.165, 1.54) is 18.6 Å². The van der Waals surface area contributed by atoms with Crippen molar-refractivity contribution >= 4 is 11.8 Å². The summed E-state index contributed by atoms with van der Waals surface area (Å²) in [6.07, 6.45) is 4.58. The molecule has 15 heavy (non-hydrogen) atoms. The molecule has 0 heterocycles. The van der Waals surface area contributed by atoms with Crippen molar-refractivity contribution in [1.82, 2.24) is 10.2 Å². The lowest BCUT2D eigenvalue weighted by Crippen LogP contribution is -2.45. The molecule has 1 unspecified atom stereocenters. The zero-order valence-corrected chi connectivity index (χ0v) is 11.4. The number of nitrogens with one attached hydrogen (secondary N) is 1. The van der Waals surface area contributed by atoms with Crippen molar-refractivity contribution in [2.24, 2.45) is 0 Å². The summed E-state index contributed by atoms with van der Waals surface area (Å²) in [4.78, 5) is 2.01. The number of likely N-dealkylation sites (N-methyl/N-ethyl adjacent to an activating group) is 1. The van der Waals surface area contributed by atoms with Gasteiger partial charge < -0.3 is 15.3 Å². The van der Waals surface area contributed by atoms with E-state index in [4.69, 9.17) is 0 Å². The summed E-state index contributed by atoms with van der Waals surface area (Å²) in [6.45, 7) is 4.25. The maximum atomic E-state index is 9.98. The Balaban J connectivity index is 3.40. The summed E-state index contributed by atoms with van der Waals surface area (Å²) < 4.78 is 0.